The molecule has 1 aliphatic heterocycles. The topological polar surface area (TPSA) is 108 Å². The molecule has 0 saturated heterocycles. The number of fused-ring (bicyclic) bond motifs is 2. The van der Waals surface area contributed by atoms with Crippen LogP contribution < -0.4 is 10.8 Å². The Kier molecular flexibility index (Phi) is 3.58. The quantitative estimate of drug-likeness (QED) is 0.491. The lowest BCUT2D eigenvalue weighted by molar-refractivity contribution is 0.0705. The number of nitrogens with zero attached hydrogens (tertiary/aromatic N) is 2. The number of carbonyl (C=O) groups is 2. The number of aromatic nitrogens is 1. The van der Waals surface area contributed by atoms with Gasteiger partial charge in [-0.05, 0) is 29.3 Å². The molecule has 25 heavy (non-hydrogen) atoms. The highest BCUT2D eigenvalue weighted by Gasteiger charge is 2.28. The van der Waals surface area contributed by atoms with Crippen LogP contribution in [0.5, 0.6) is 0 Å². The summed E-state index contributed by atoms with van der Waals surface area (Å²) in [5.41, 5.74) is 4.78. The van der Waals surface area contributed by atoms with Crippen LogP contribution in [0.25, 0.3) is 11.1 Å². The lowest BCUT2D eigenvalue weighted by atomic mass is 10.0. The molecule has 0 fully saturated rings. The van der Waals surface area contributed by atoms with Crippen LogP contribution in [0.15, 0.2) is 46.9 Å². The number of benzene rings is 2. The molecule has 8 heteroatoms. The first-order valence-corrected chi connectivity index (χ1v) is 7.62. The molecule has 2 heterocycles. The number of hydrogen-bond acceptors (Lipinski definition) is 5. The van der Waals surface area contributed by atoms with Crippen molar-refractivity contribution in [3.63, 3.8) is 0 Å². The Bertz CT molecular complexity index is 949. The van der Waals surface area contributed by atoms with E-state index in [9.17, 15) is 9.59 Å². The largest absolute Gasteiger partial charge is 0.423 e. The summed E-state index contributed by atoms with van der Waals surface area (Å²) in [6.45, 7) is 0.610. The summed E-state index contributed by atoms with van der Waals surface area (Å²) in [6, 6.07) is 12.1. The highest BCUT2D eigenvalue weighted by Crippen LogP contribution is 2.27. The molecule has 1 aliphatic rings. The van der Waals surface area contributed by atoms with E-state index in [1.165, 1.54) is 4.90 Å². The van der Waals surface area contributed by atoms with E-state index < -0.39 is 5.91 Å². The highest BCUT2D eigenvalue weighted by atomic mass is 16.5. The van der Waals surface area contributed by atoms with Crippen LogP contribution in [0, 0.1) is 0 Å². The number of rotatable bonds is 2. The zero-order valence-corrected chi connectivity index (χ0v) is 13.0. The third-order valence-corrected chi connectivity index (χ3v) is 4.12. The number of anilines is 1. The zero-order chi connectivity index (χ0) is 17.4. The summed E-state index contributed by atoms with van der Waals surface area (Å²) in [5.74, 6) is -0.599. The molecule has 3 N–H and O–H groups in total. The van der Waals surface area contributed by atoms with E-state index in [1.807, 2.05) is 18.2 Å². The second-order valence-electron chi connectivity index (χ2n) is 5.66. The number of hydroxylamine groups is 1. The fraction of sp³-hybridized carbons (Fsp3) is 0.118. The third-order valence-electron chi connectivity index (χ3n) is 4.12. The Morgan fingerprint density at radius 2 is 1.96 bits per heavy atom. The molecule has 126 valence electrons. The Morgan fingerprint density at radius 3 is 2.76 bits per heavy atom. The Hall–Kier alpha value is -3.39. The van der Waals surface area contributed by atoms with Crippen LogP contribution in [-0.2, 0) is 13.1 Å². The number of carbonyl (C=O) groups excluding carboxylic acids is 2. The maximum absolute atomic E-state index is 12.5. The van der Waals surface area contributed by atoms with Gasteiger partial charge < -0.3 is 9.32 Å². The third kappa shape index (κ3) is 2.68. The van der Waals surface area contributed by atoms with Crippen LogP contribution in [-0.4, -0.2) is 27.0 Å². The maximum atomic E-state index is 12.5. The van der Waals surface area contributed by atoms with Crippen molar-refractivity contribution in [2.45, 2.75) is 13.1 Å². The predicted molar refractivity (Wildman–Crippen MR) is 88.0 cm³/mol. The molecule has 0 unspecified atom stereocenters. The molecule has 3 amide bonds. The van der Waals surface area contributed by atoms with Crippen molar-refractivity contribution in [3.8, 4) is 0 Å². The van der Waals surface area contributed by atoms with E-state index in [2.05, 4.69) is 10.3 Å². The number of nitrogens with one attached hydrogen (secondary N) is 2. The van der Waals surface area contributed by atoms with Crippen molar-refractivity contribution in [2.75, 3.05) is 5.32 Å². The lowest BCUT2D eigenvalue weighted by Crippen LogP contribution is -2.30. The Labute approximate surface area is 142 Å². The second kappa shape index (κ2) is 5.91. The van der Waals surface area contributed by atoms with Gasteiger partial charge in [0.25, 0.3) is 5.91 Å². The predicted octanol–water partition coefficient (Wildman–Crippen LogP) is 2.49. The van der Waals surface area contributed by atoms with Gasteiger partial charge in [0.1, 0.15) is 5.52 Å². The SMILES string of the molecule is O=C(NO)c1cccc2c1CN(C(=O)Nc1nc3ccccc3o1)C2. The van der Waals surface area contributed by atoms with Gasteiger partial charge in [-0.25, -0.2) is 10.3 Å². The molecule has 0 aliphatic carbocycles. The van der Waals surface area contributed by atoms with Gasteiger partial charge in [0.2, 0.25) is 0 Å². The molecule has 0 atom stereocenters. The molecule has 0 bridgehead atoms. The lowest BCUT2D eigenvalue weighted by Gasteiger charge is -2.14. The molecule has 1 aromatic heterocycles. The van der Waals surface area contributed by atoms with Crippen LogP contribution in [0.2, 0.25) is 0 Å². The minimum atomic E-state index is -0.599. The Balaban J connectivity index is 1.53. The Morgan fingerprint density at radius 1 is 1.12 bits per heavy atom. The summed E-state index contributed by atoms with van der Waals surface area (Å²) >= 11 is 0. The van der Waals surface area contributed by atoms with Crippen LogP contribution in [0.3, 0.4) is 0 Å². The molecule has 3 aromatic rings. The molecule has 2 aromatic carbocycles. The number of para-hydroxylation sites is 2. The van der Waals surface area contributed by atoms with Gasteiger partial charge in [0.15, 0.2) is 5.58 Å². The van der Waals surface area contributed by atoms with Gasteiger partial charge in [0, 0.05) is 18.7 Å². The van der Waals surface area contributed by atoms with Crippen molar-refractivity contribution >= 4 is 29.1 Å². The average molecular weight is 338 g/mol. The minimum absolute atomic E-state index is 0.121. The molecule has 0 saturated carbocycles. The van der Waals surface area contributed by atoms with Gasteiger partial charge in [-0.1, -0.05) is 24.3 Å². The van der Waals surface area contributed by atoms with E-state index in [4.69, 9.17) is 9.62 Å². The summed E-state index contributed by atoms with van der Waals surface area (Å²) < 4.78 is 5.49. The first kappa shape index (κ1) is 15.2. The van der Waals surface area contributed by atoms with Crippen molar-refractivity contribution in [1.82, 2.24) is 15.4 Å². The van der Waals surface area contributed by atoms with Crippen molar-refractivity contribution in [2.24, 2.45) is 0 Å². The van der Waals surface area contributed by atoms with Gasteiger partial charge in [-0.15, -0.1) is 0 Å². The molecule has 8 nitrogen and oxygen atoms in total. The van der Waals surface area contributed by atoms with E-state index in [0.717, 1.165) is 5.56 Å². The number of urea groups is 1. The first-order chi connectivity index (χ1) is 12.2. The van der Waals surface area contributed by atoms with Crippen LogP contribution in [0.4, 0.5) is 10.8 Å². The van der Waals surface area contributed by atoms with E-state index in [-0.39, 0.29) is 18.6 Å². The molecule has 4 rings (SSSR count). The fourth-order valence-corrected chi connectivity index (χ4v) is 2.93. The monoisotopic (exact) mass is 338 g/mol. The smallest absolute Gasteiger partial charge is 0.326 e. The van der Waals surface area contributed by atoms with E-state index in [0.29, 0.717) is 28.8 Å². The van der Waals surface area contributed by atoms with Crippen molar-refractivity contribution in [1.29, 1.82) is 0 Å². The van der Waals surface area contributed by atoms with Crippen LogP contribution >= 0.6 is 0 Å². The van der Waals surface area contributed by atoms with Crippen LogP contribution in [0.1, 0.15) is 21.5 Å². The average Bonchev–Trinajstić information content (AvgIpc) is 3.23. The molecule has 0 spiro atoms. The minimum Gasteiger partial charge on any atom is -0.423 e. The second-order valence-corrected chi connectivity index (χ2v) is 5.66. The van der Waals surface area contributed by atoms with Gasteiger partial charge in [-0.3, -0.25) is 15.3 Å². The highest BCUT2D eigenvalue weighted by molar-refractivity contribution is 5.96. The summed E-state index contributed by atoms with van der Waals surface area (Å²) in [4.78, 5) is 30.0. The summed E-state index contributed by atoms with van der Waals surface area (Å²) in [6.07, 6.45) is 0. The van der Waals surface area contributed by atoms with Crippen molar-refractivity contribution < 1.29 is 19.2 Å². The van der Waals surface area contributed by atoms with Gasteiger partial charge in [-0.2, -0.15) is 4.98 Å². The van der Waals surface area contributed by atoms with Gasteiger partial charge in [0.05, 0.1) is 0 Å². The number of amides is 3. The van der Waals surface area contributed by atoms with E-state index in [1.54, 1.807) is 29.7 Å². The van der Waals surface area contributed by atoms with Gasteiger partial charge >= 0.3 is 12.0 Å². The molecule has 0 radical (unpaired) electrons. The fourth-order valence-electron chi connectivity index (χ4n) is 2.93. The number of hydrogen-bond donors (Lipinski definition) is 3. The standard InChI is InChI=1S/C17H14N4O4/c22-15(20-24)11-5-3-4-10-8-21(9-12(10)11)17(23)19-16-18-13-6-1-2-7-14(13)25-16/h1-7,24H,8-9H2,(H,20,22)(H,18,19,23). The maximum Gasteiger partial charge on any atom is 0.326 e. The summed E-state index contributed by atoms with van der Waals surface area (Å²) in [7, 11) is 0. The van der Waals surface area contributed by atoms with Crippen molar-refractivity contribution in [3.05, 3.63) is 59.2 Å². The first-order valence-electron chi connectivity index (χ1n) is 7.62. The normalized spacial score (nSPS) is 12.9. The number of oxazole rings is 1. The zero-order valence-electron chi connectivity index (χ0n) is 13.0. The summed E-state index contributed by atoms with van der Waals surface area (Å²) in [5, 5.41) is 11.5. The molecular formula is C17H14N4O4. The molecular weight excluding hydrogens is 324 g/mol. The van der Waals surface area contributed by atoms with E-state index >= 15 is 0 Å².